The van der Waals surface area contributed by atoms with Crippen molar-refractivity contribution in [2.45, 2.75) is 13.3 Å². The zero-order chi connectivity index (χ0) is 26.7. The van der Waals surface area contributed by atoms with Crippen LogP contribution in [0.3, 0.4) is 0 Å². The average Bonchev–Trinajstić information content (AvgIpc) is 2.93. The molecular weight excluding hydrogens is 527 g/mol. The van der Waals surface area contributed by atoms with Crippen LogP contribution in [0.2, 0.25) is 10.0 Å². The SMILES string of the molecule is CCN1C(=O)N(c2c(F)cc(NCCNCCC(=O)O)cc2F)c2cc(Cl)ccc2-c2cc(Cl)cnc21. The Kier molecular flexibility index (Phi) is 8.11. The summed E-state index contributed by atoms with van der Waals surface area (Å²) in [4.78, 5) is 30.9. The molecule has 0 spiro atoms. The molecule has 8 nitrogen and oxygen atoms in total. The van der Waals surface area contributed by atoms with Crippen molar-refractivity contribution >= 4 is 58.1 Å². The van der Waals surface area contributed by atoms with Gasteiger partial charge in [-0.3, -0.25) is 14.6 Å². The molecule has 194 valence electrons. The highest BCUT2D eigenvalue weighted by Crippen LogP contribution is 2.46. The van der Waals surface area contributed by atoms with Crippen LogP contribution in [-0.4, -0.2) is 48.3 Å². The zero-order valence-corrected chi connectivity index (χ0v) is 21.2. The topological polar surface area (TPSA) is 97.8 Å². The second-order valence-corrected chi connectivity index (χ2v) is 9.03. The maximum Gasteiger partial charge on any atom is 0.334 e. The number of amides is 2. The monoisotopic (exact) mass is 549 g/mol. The molecule has 3 aromatic rings. The maximum absolute atomic E-state index is 15.5. The molecular formula is C25H23Cl2F2N5O3. The molecule has 0 saturated heterocycles. The summed E-state index contributed by atoms with van der Waals surface area (Å²) < 4.78 is 31.0. The van der Waals surface area contributed by atoms with E-state index in [1.807, 2.05) is 0 Å². The summed E-state index contributed by atoms with van der Waals surface area (Å²) in [5, 5.41) is 15.1. The number of fused-ring (bicyclic) bond motifs is 3. The van der Waals surface area contributed by atoms with Crippen molar-refractivity contribution in [1.29, 1.82) is 0 Å². The Morgan fingerprint density at radius 2 is 1.76 bits per heavy atom. The lowest BCUT2D eigenvalue weighted by molar-refractivity contribution is -0.136. The molecule has 0 bridgehead atoms. The van der Waals surface area contributed by atoms with E-state index in [9.17, 15) is 9.59 Å². The first kappa shape index (κ1) is 26.6. The third-order valence-corrected chi connectivity index (χ3v) is 6.15. The molecule has 0 radical (unpaired) electrons. The van der Waals surface area contributed by atoms with Crippen molar-refractivity contribution in [1.82, 2.24) is 10.3 Å². The number of rotatable bonds is 9. The number of carboxylic acid groups (broad SMARTS) is 1. The van der Waals surface area contributed by atoms with E-state index in [-0.39, 0.29) is 35.9 Å². The molecule has 12 heteroatoms. The number of nitrogens with zero attached hydrogens (tertiary/aromatic N) is 3. The number of aromatic nitrogens is 1. The molecule has 3 N–H and O–H groups in total. The second kappa shape index (κ2) is 11.3. The number of hydrogen-bond acceptors (Lipinski definition) is 5. The highest BCUT2D eigenvalue weighted by Gasteiger charge is 2.36. The number of carboxylic acids is 1. The van der Waals surface area contributed by atoms with E-state index < -0.39 is 29.3 Å². The van der Waals surface area contributed by atoms with Crippen molar-refractivity contribution in [3.8, 4) is 11.1 Å². The molecule has 2 aromatic carbocycles. The van der Waals surface area contributed by atoms with Crippen LogP contribution in [0.1, 0.15) is 13.3 Å². The minimum absolute atomic E-state index is 0.0340. The summed E-state index contributed by atoms with van der Waals surface area (Å²) in [6, 6.07) is 7.84. The quantitative estimate of drug-likeness (QED) is 0.287. The predicted octanol–water partition coefficient (Wildman–Crippen LogP) is 5.91. The molecule has 2 amide bonds. The lowest BCUT2D eigenvalue weighted by atomic mass is 10.0. The van der Waals surface area contributed by atoms with E-state index in [2.05, 4.69) is 15.6 Å². The van der Waals surface area contributed by atoms with Crippen LogP contribution in [0.4, 0.5) is 36.5 Å². The van der Waals surface area contributed by atoms with Crippen molar-refractivity contribution in [3.05, 3.63) is 64.3 Å². The van der Waals surface area contributed by atoms with Gasteiger partial charge >= 0.3 is 12.0 Å². The fraction of sp³-hybridized carbons (Fsp3) is 0.240. The summed E-state index contributed by atoms with van der Waals surface area (Å²) in [6.45, 7) is 2.85. The van der Waals surface area contributed by atoms with Crippen molar-refractivity contribution in [3.63, 3.8) is 0 Å². The van der Waals surface area contributed by atoms with Crippen LogP contribution in [0.25, 0.3) is 11.1 Å². The molecule has 0 fully saturated rings. The van der Waals surface area contributed by atoms with Gasteiger partial charge in [-0.25, -0.2) is 18.6 Å². The van der Waals surface area contributed by atoms with Gasteiger partial charge in [-0.1, -0.05) is 29.3 Å². The number of urea groups is 1. The van der Waals surface area contributed by atoms with Gasteiger partial charge in [-0.05, 0) is 37.3 Å². The largest absolute Gasteiger partial charge is 0.481 e. The van der Waals surface area contributed by atoms with Crippen LogP contribution < -0.4 is 20.4 Å². The molecule has 0 aliphatic carbocycles. The molecule has 1 aliphatic rings. The van der Waals surface area contributed by atoms with Gasteiger partial charge in [0.15, 0.2) is 11.6 Å². The molecule has 2 heterocycles. The van der Waals surface area contributed by atoms with Gasteiger partial charge in [0.2, 0.25) is 0 Å². The molecule has 1 aromatic heterocycles. The van der Waals surface area contributed by atoms with Gasteiger partial charge in [-0.2, -0.15) is 0 Å². The summed E-state index contributed by atoms with van der Waals surface area (Å²) in [5.41, 5.74) is 0.783. The zero-order valence-electron chi connectivity index (χ0n) is 19.7. The van der Waals surface area contributed by atoms with E-state index in [1.165, 1.54) is 17.2 Å². The Morgan fingerprint density at radius 3 is 2.43 bits per heavy atom. The van der Waals surface area contributed by atoms with Crippen LogP contribution >= 0.6 is 23.2 Å². The fourth-order valence-corrected chi connectivity index (χ4v) is 4.40. The molecule has 1 aliphatic heterocycles. The van der Waals surface area contributed by atoms with E-state index in [1.54, 1.807) is 25.1 Å². The highest BCUT2D eigenvalue weighted by molar-refractivity contribution is 6.32. The number of pyridine rings is 1. The molecule has 0 atom stereocenters. The summed E-state index contributed by atoms with van der Waals surface area (Å²) >= 11 is 12.4. The van der Waals surface area contributed by atoms with Crippen LogP contribution in [-0.2, 0) is 4.79 Å². The fourth-order valence-electron chi connectivity index (χ4n) is 4.08. The van der Waals surface area contributed by atoms with Gasteiger partial charge < -0.3 is 15.7 Å². The summed E-state index contributed by atoms with van der Waals surface area (Å²) in [7, 11) is 0. The third-order valence-electron chi connectivity index (χ3n) is 5.71. The van der Waals surface area contributed by atoms with Crippen LogP contribution in [0.15, 0.2) is 42.6 Å². The van der Waals surface area contributed by atoms with Crippen LogP contribution in [0.5, 0.6) is 0 Å². The van der Waals surface area contributed by atoms with E-state index in [4.69, 9.17) is 28.3 Å². The number of hydrogen-bond donors (Lipinski definition) is 3. The van der Waals surface area contributed by atoms with E-state index in [0.717, 1.165) is 17.0 Å². The lowest BCUT2D eigenvalue weighted by Gasteiger charge is -2.28. The van der Waals surface area contributed by atoms with Gasteiger partial charge in [0, 0.05) is 54.2 Å². The number of carbonyl (C=O) groups excluding carboxylic acids is 1. The van der Waals surface area contributed by atoms with E-state index >= 15 is 8.78 Å². The minimum Gasteiger partial charge on any atom is -0.481 e. The number of halogens is 4. The Balaban J connectivity index is 1.72. The van der Waals surface area contributed by atoms with Gasteiger partial charge in [0.1, 0.15) is 11.5 Å². The van der Waals surface area contributed by atoms with Crippen LogP contribution in [0, 0.1) is 11.6 Å². The maximum atomic E-state index is 15.5. The summed E-state index contributed by atoms with van der Waals surface area (Å²) in [5.74, 6) is -2.55. The Labute approximate surface area is 221 Å². The summed E-state index contributed by atoms with van der Waals surface area (Å²) in [6.07, 6.45) is 1.37. The highest BCUT2D eigenvalue weighted by atomic mass is 35.5. The number of nitrogens with one attached hydrogen (secondary N) is 2. The third kappa shape index (κ3) is 5.61. The Hall–Kier alpha value is -3.47. The van der Waals surface area contributed by atoms with Crippen molar-refractivity contribution in [2.24, 2.45) is 0 Å². The van der Waals surface area contributed by atoms with Gasteiger partial charge in [0.05, 0.1) is 17.1 Å². The Morgan fingerprint density at radius 1 is 1.03 bits per heavy atom. The number of anilines is 4. The average molecular weight is 550 g/mol. The molecule has 37 heavy (non-hydrogen) atoms. The van der Waals surface area contributed by atoms with Crippen molar-refractivity contribution in [2.75, 3.05) is 41.3 Å². The van der Waals surface area contributed by atoms with Crippen molar-refractivity contribution < 1.29 is 23.5 Å². The van der Waals surface area contributed by atoms with Gasteiger partial charge in [0.25, 0.3) is 0 Å². The lowest BCUT2D eigenvalue weighted by Crippen LogP contribution is -2.41. The Bertz CT molecular complexity index is 1330. The second-order valence-electron chi connectivity index (χ2n) is 8.16. The smallest absolute Gasteiger partial charge is 0.334 e. The minimum atomic E-state index is -0.964. The molecule has 0 saturated carbocycles. The standard InChI is InChI=1S/C25H23Cl2F2N5O3/c1-2-33-24-18(9-15(27)13-32-24)17-4-3-14(26)10-21(17)34(25(33)37)23-19(28)11-16(12-20(23)29)31-8-7-30-6-5-22(35)36/h3-4,9-13,30-31H,2,5-8H2,1H3,(H,35,36). The first-order valence-electron chi connectivity index (χ1n) is 11.4. The predicted molar refractivity (Wildman–Crippen MR) is 140 cm³/mol. The number of benzene rings is 2. The first-order chi connectivity index (χ1) is 17.7. The molecule has 0 unspecified atom stereocenters. The van der Waals surface area contributed by atoms with Gasteiger partial charge in [-0.15, -0.1) is 0 Å². The number of carbonyl (C=O) groups is 2. The normalized spacial score (nSPS) is 12.7. The van der Waals surface area contributed by atoms with E-state index in [0.29, 0.717) is 35.1 Å². The number of aliphatic carboxylic acids is 1. The first-order valence-corrected chi connectivity index (χ1v) is 12.2. The molecule has 4 rings (SSSR count).